The number of hydrogen-bond acceptors (Lipinski definition) is 4. The van der Waals surface area contributed by atoms with Crippen molar-refractivity contribution in [3.8, 4) is 5.75 Å². The van der Waals surface area contributed by atoms with Crippen molar-refractivity contribution in [1.82, 2.24) is 4.90 Å². The van der Waals surface area contributed by atoms with E-state index in [-0.39, 0.29) is 5.91 Å². The second-order valence-electron chi connectivity index (χ2n) is 8.79. The fourth-order valence-electron chi connectivity index (χ4n) is 4.15. The molecule has 0 radical (unpaired) electrons. The quantitative estimate of drug-likeness (QED) is 0.355. The molecule has 3 rings (SSSR count). The van der Waals surface area contributed by atoms with Crippen LogP contribution < -0.4 is 15.4 Å². The van der Waals surface area contributed by atoms with E-state index in [1.165, 1.54) is 0 Å². The van der Waals surface area contributed by atoms with Gasteiger partial charge in [0.2, 0.25) is 0 Å². The van der Waals surface area contributed by atoms with E-state index >= 15 is 0 Å². The first-order valence-corrected chi connectivity index (χ1v) is 11.5. The van der Waals surface area contributed by atoms with Gasteiger partial charge < -0.3 is 15.4 Å². The summed E-state index contributed by atoms with van der Waals surface area (Å²) in [4.78, 5) is 15.3. The molecule has 2 N–H and O–H groups in total. The van der Waals surface area contributed by atoms with Crippen LogP contribution in [0.5, 0.6) is 5.75 Å². The number of ether oxygens (including phenoxy) is 1. The zero-order chi connectivity index (χ0) is 23.8. The highest BCUT2D eigenvalue weighted by molar-refractivity contribution is 6.08. The lowest BCUT2D eigenvalue weighted by atomic mass is 10.1. The van der Waals surface area contributed by atoms with Crippen LogP contribution in [0.1, 0.15) is 50.5 Å². The highest BCUT2D eigenvalue weighted by Gasteiger charge is 2.29. The first-order valence-electron chi connectivity index (χ1n) is 11.5. The first kappa shape index (κ1) is 24.3. The zero-order valence-electron chi connectivity index (χ0n) is 20.3. The molecule has 0 spiro atoms. The van der Waals surface area contributed by atoms with E-state index in [0.717, 1.165) is 29.2 Å². The Bertz CT molecular complexity index is 1030. The molecule has 0 aliphatic rings. The highest BCUT2D eigenvalue weighted by Crippen LogP contribution is 2.25. The lowest BCUT2D eigenvalue weighted by molar-refractivity contribution is -0.0701. The van der Waals surface area contributed by atoms with Crippen LogP contribution in [0.2, 0.25) is 0 Å². The van der Waals surface area contributed by atoms with Crippen LogP contribution in [-0.2, 0) is 6.54 Å². The van der Waals surface area contributed by atoms with Crippen molar-refractivity contribution in [2.75, 3.05) is 17.2 Å². The molecule has 0 aliphatic heterocycles. The number of benzene rings is 3. The molecular formula is C28H35N3O2. The van der Waals surface area contributed by atoms with Crippen LogP contribution in [0, 0.1) is 0 Å². The normalized spacial score (nSPS) is 11.5. The van der Waals surface area contributed by atoms with Crippen molar-refractivity contribution < 1.29 is 9.53 Å². The van der Waals surface area contributed by atoms with E-state index in [4.69, 9.17) is 4.74 Å². The summed E-state index contributed by atoms with van der Waals surface area (Å²) in [5.41, 5.74) is 2.85. The summed E-state index contributed by atoms with van der Waals surface area (Å²) in [5.74, 6) is 0.610. The maximum atomic E-state index is 13.0. The molecule has 3 aromatic carbocycles. The summed E-state index contributed by atoms with van der Waals surface area (Å²) in [7, 11) is 0. The topological polar surface area (TPSA) is 53.6 Å². The molecule has 0 saturated carbocycles. The molecule has 0 heterocycles. The Morgan fingerprint density at radius 2 is 1.58 bits per heavy atom. The van der Waals surface area contributed by atoms with E-state index in [1.54, 1.807) is 0 Å². The maximum Gasteiger partial charge on any atom is 0.257 e. The Hall–Kier alpha value is -3.31. The van der Waals surface area contributed by atoms with Gasteiger partial charge in [0.25, 0.3) is 5.91 Å². The Kier molecular flexibility index (Phi) is 8.12. The van der Waals surface area contributed by atoms with Crippen LogP contribution in [0.15, 0.2) is 78.9 Å². The molecule has 3 aromatic rings. The number of para-hydroxylation sites is 1. The molecule has 0 saturated heterocycles. The summed E-state index contributed by atoms with van der Waals surface area (Å²) in [6.45, 7) is 12.2. The third kappa shape index (κ3) is 6.59. The van der Waals surface area contributed by atoms with Crippen LogP contribution in [0.25, 0.3) is 0 Å². The van der Waals surface area contributed by atoms with Gasteiger partial charge in [0, 0.05) is 24.0 Å². The minimum Gasteiger partial charge on any atom is -0.473 e. The monoisotopic (exact) mass is 445 g/mol. The second kappa shape index (κ2) is 11.0. The summed E-state index contributed by atoms with van der Waals surface area (Å²) in [5, 5.41) is 6.36. The molecular weight excluding hydrogens is 410 g/mol. The summed E-state index contributed by atoms with van der Waals surface area (Å²) < 4.78 is 6.26. The number of amides is 1. The Morgan fingerprint density at radius 1 is 0.939 bits per heavy atom. The molecule has 0 aliphatic carbocycles. The van der Waals surface area contributed by atoms with Crippen molar-refractivity contribution in [3.63, 3.8) is 0 Å². The van der Waals surface area contributed by atoms with Crippen LogP contribution in [0.4, 0.5) is 11.4 Å². The van der Waals surface area contributed by atoms with Crippen molar-refractivity contribution in [2.24, 2.45) is 0 Å². The molecule has 0 aromatic heterocycles. The molecule has 0 atom stereocenters. The second-order valence-corrected chi connectivity index (χ2v) is 8.79. The van der Waals surface area contributed by atoms with Gasteiger partial charge in [0.05, 0.1) is 5.56 Å². The molecule has 0 unspecified atom stereocenters. The van der Waals surface area contributed by atoms with Gasteiger partial charge in [-0.05, 0) is 76.2 Å². The summed E-state index contributed by atoms with van der Waals surface area (Å²) in [6.07, 6.45) is 0. The van der Waals surface area contributed by atoms with Gasteiger partial charge in [-0.15, -0.1) is 0 Å². The Morgan fingerprint density at radius 3 is 2.21 bits per heavy atom. The van der Waals surface area contributed by atoms with E-state index in [1.807, 2.05) is 66.7 Å². The van der Waals surface area contributed by atoms with E-state index in [2.05, 4.69) is 62.3 Å². The van der Waals surface area contributed by atoms with Gasteiger partial charge >= 0.3 is 0 Å². The predicted molar refractivity (Wildman–Crippen MR) is 137 cm³/mol. The number of carbonyl (C=O) groups is 1. The average Bonchev–Trinajstić information content (AvgIpc) is 2.79. The summed E-state index contributed by atoms with van der Waals surface area (Å²) in [6, 6.07) is 25.6. The molecule has 5 nitrogen and oxygen atoms in total. The van der Waals surface area contributed by atoms with Crippen LogP contribution >= 0.6 is 0 Å². The van der Waals surface area contributed by atoms with Gasteiger partial charge in [-0.2, -0.15) is 0 Å². The van der Waals surface area contributed by atoms with Crippen molar-refractivity contribution >= 4 is 17.3 Å². The van der Waals surface area contributed by atoms with Crippen molar-refractivity contribution in [2.45, 2.75) is 52.9 Å². The highest BCUT2D eigenvalue weighted by atomic mass is 16.5. The third-order valence-electron chi connectivity index (χ3n) is 5.63. The van der Waals surface area contributed by atoms with Crippen LogP contribution in [0.3, 0.4) is 0 Å². The lowest BCUT2D eigenvalue weighted by Gasteiger charge is -2.40. The molecule has 33 heavy (non-hydrogen) atoms. The minimum absolute atomic E-state index is 0.155. The van der Waals surface area contributed by atoms with E-state index in [0.29, 0.717) is 18.2 Å². The van der Waals surface area contributed by atoms with Gasteiger partial charge in [-0.1, -0.05) is 49.4 Å². The van der Waals surface area contributed by atoms with E-state index in [9.17, 15) is 4.79 Å². The Labute approximate surface area is 197 Å². The SMILES string of the molecule is CCN(C(C)C)C(C)(C)Oc1ccc(NC(=O)c2ccccc2NCc2ccccc2)cc1. The molecule has 174 valence electrons. The fraction of sp³-hybridized carbons (Fsp3) is 0.321. The minimum atomic E-state index is -0.433. The number of nitrogens with one attached hydrogen (secondary N) is 2. The van der Waals surface area contributed by atoms with Gasteiger partial charge in [-0.25, -0.2) is 0 Å². The third-order valence-corrected chi connectivity index (χ3v) is 5.63. The molecule has 1 amide bonds. The predicted octanol–water partition coefficient (Wildman–Crippen LogP) is 6.40. The summed E-state index contributed by atoms with van der Waals surface area (Å²) >= 11 is 0. The zero-order valence-corrected chi connectivity index (χ0v) is 20.3. The standard InChI is InChI=1S/C28H35N3O2/c1-6-31(21(2)3)28(4,5)33-24-18-16-23(17-19-24)30-27(32)25-14-10-11-15-26(25)29-20-22-12-8-7-9-13-22/h7-19,21,29H,6,20H2,1-5H3,(H,30,32). The number of rotatable bonds is 10. The van der Waals surface area contributed by atoms with Crippen molar-refractivity contribution in [3.05, 3.63) is 90.0 Å². The lowest BCUT2D eigenvalue weighted by Crippen LogP contribution is -2.51. The number of hydrogen-bond donors (Lipinski definition) is 2. The first-order chi connectivity index (χ1) is 15.8. The average molecular weight is 446 g/mol. The Balaban J connectivity index is 1.65. The van der Waals surface area contributed by atoms with Gasteiger partial charge in [0.1, 0.15) is 5.75 Å². The van der Waals surface area contributed by atoms with Crippen LogP contribution in [-0.4, -0.2) is 29.1 Å². The van der Waals surface area contributed by atoms with Crippen molar-refractivity contribution in [1.29, 1.82) is 0 Å². The smallest absolute Gasteiger partial charge is 0.257 e. The number of carbonyl (C=O) groups excluding carboxylic acids is 1. The molecule has 0 bridgehead atoms. The molecule has 0 fully saturated rings. The fourth-order valence-corrected chi connectivity index (χ4v) is 4.15. The van der Waals surface area contributed by atoms with E-state index < -0.39 is 5.72 Å². The number of anilines is 2. The molecule has 5 heteroatoms. The van der Waals surface area contributed by atoms with Gasteiger partial charge in [-0.3, -0.25) is 9.69 Å². The van der Waals surface area contributed by atoms with Gasteiger partial charge in [0.15, 0.2) is 5.72 Å². The largest absolute Gasteiger partial charge is 0.473 e. The number of nitrogens with zero attached hydrogens (tertiary/aromatic N) is 1. The maximum absolute atomic E-state index is 13.0.